The highest BCUT2D eigenvalue weighted by molar-refractivity contribution is 6.07. The smallest absolute Gasteiger partial charge is 0.326 e. The van der Waals surface area contributed by atoms with E-state index in [9.17, 15) is 14.4 Å². The molecule has 0 N–H and O–H groups in total. The van der Waals surface area contributed by atoms with Gasteiger partial charge in [0, 0.05) is 0 Å². The fourth-order valence-corrected chi connectivity index (χ4v) is 3.89. The zero-order valence-corrected chi connectivity index (χ0v) is 15.3. The van der Waals surface area contributed by atoms with Gasteiger partial charge in [-0.25, -0.2) is 0 Å². The van der Waals surface area contributed by atoms with E-state index in [1.807, 2.05) is 26.0 Å². The molecular weight excluding hydrogens is 334 g/mol. The van der Waals surface area contributed by atoms with Crippen LogP contribution in [-0.2, 0) is 19.1 Å². The third-order valence-corrected chi connectivity index (χ3v) is 5.03. The van der Waals surface area contributed by atoms with Gasteiger partial charge in [0.1, 0.15) is 25.5 Å². The summed E-state index contributed by atoms with van der Waals surface area (Å²) in [6.07, 6.45) is 3.41. The van der Waals surface area contributed by atoms with E-state index < -0.39 is 5.97 Å². The molecule has 2 aliphatic rings. The number of imide groups is 1. The van der Waals surface area contributed by atoms with Crippen molar-refractivity contribution < 1.29 is 23.9 Å². The van der Waals surface area contributed by atoms with Crippen LogP contribution in [-0.4, -0.2) is 42.4 Å². The van der Waals surface area contributed by atoms with Crippen LogP contribution in [0.4, 0.5) is 0 Å². The maximum atomic E-state index is 12.3. The van der Waals surface area contributed by atoms with Crippen molar-refractivity contribution in [2.75, 3.05) is 19.8 Å². The lowest BCUT2D eigenvalue weighted by Gasteiger charge is -2.19. The van der Waals surface area contributed by atoms with Crippen molar-refractivity contribution in [1.82, 2.24) is 4.90 Å². The van der Waals surface area contributed by atoms with Crippen molar-refractivity contribution in [2.45, 2.75) is 39.5 Å². The molecule has 1 aliphatic carbocycles. The van der Waals surface area contributed by atoms with Crippen molar-refractivity contribution in [3.63, 3.8) is 0 Å². The van der Waals surface area contributed by atoms with Gasteiger partial charge in [-0.1, -0.05) is 18.9 Å². The first-order chi connectivity index (χ1) is 12.5. The lowest BCUT2D eigenvalue weighted by atomic mass is 9.81. The van der Waals surface area contributed by atoms with Gasteiger partial charge in [0.25, 0.3) is 0 Å². The third kappa shape index (κ3) is 4.06. The Morgan fingerprint density at radius 2 is 1.58 bits per heavy atom. The lowest BCUT2D eigenvalue weighted by molar-refractivity contribution is -0.153. The monoisotopic (exact) mass is 359 g/mol. The molecule has 0 spiro atoms. The first-order valence-electron chi connectivity index (χ1n) is 9.17. The summed E-state index contributed by atoms with van der Waals surface area (Å²) in [5.74, 6) is -0.762. The van der Waals surface area contributed by atoms with Crippen LogP contribution in [0.15, 0.2) is 18.2 Å². The van der Waals surface area contributed by atoms with Gasteiger partial charge in [0.05, 0.1) is 11.8 Å². The van der Waals surface area contributed by atoms with E-state index in [1.54, 1.807) is 0 Å². The van der Waals surface area contributed by atoms with Crippen LogP contribution in [0.5, 0.6) is 5.75 Å². The van der Waals surface area contributed by atoms with Gasteiger partial charge in [-0.15, -0.1) is 0 Å². The fraction of sp³-hybridized carbons (Fsp3) is 0.550. The number of nitrogens with zero attached hydrogens (tertiary/aromatic N) is 1. The molecule has 0 radical (unpaired) electrons. The van der Waals surface area contributed by atoms with Gasteiger partial charge in [-0.3, -0.25) is 19.3 Å². The molecule has 0 bridgehead atoms. The molecule has 6 heteroatoms. The SMILES string of the molecule is Cc1cc(C)cc(OCCOC(=O)CN2C(=O)C3CCCCC3C2=O)c1. The second-order valence-corrected chi connectivity index (χ2v) is 7.15. The number of hydrogen-bond donors (Lipinski definition) is 0. The van der Waals surface area contributed by atoms with Gasteiger partial charge >= 0.3 is 5.97 Å². The minimum Gasteiger partial charge on any atom is -0.490 e. The third-order valence-electron chi connectivity index (χ3n) is 5.03. The molecule has 2 fully saturated rings. The molecule has 1 aromatic carbocycles. The van der Waals surface area contributed by atoms with E-state index in [0.29, 0.717) is 0 Å². The molecule has 3 rings (SSSR count). The molecule has 0 aromatic heterocycles. The average Bonchev–Trinajstić information content (AvgIpc) is 2.83. The highest BCUT2D eigenvalue weighted by atomic mass is 16.6. The summed E-state index contributed by atoms with van der Waals surface area (Å²) in [5, 5.41) is 0. The summed E-state index contributed by atoms with van der Waals surface area (Å²) >= 11 is 0. The van der Waals surface area contributed by atoms with Gasteiger partial charge < -0.3 is 9.47 Å². The van der Waals surface area contributed by atoms with Crippen LogP contribution in [0.1, 0.15) is 36.8 Å². The summed E-state index contributed by atoms with van der Waals surface area (Å²) in [6, 6.07) is 5.88. The number of rotatable bonds is 6. The number of amides is 2. The lowest BCUT2D eigenvalue weighted by Crippen LogP contribution is -2.37. The van der Waals surface area contributed by atoms with Gasteiger partial charge in [0.15, 0.2) is 0 Å². The summed E-state index contributed by atoms with van der Waals surface area (Å²) in [7, 11) is 0. The van der Waals surface area contributed by atoms with Gasteiger partial charge in [-0.05, 0) is 49.9 Å². The van der Waals surface area contributed by atoms with Crippen molar-refractivity contribution in [3.05, 3.63) is 29.3 Å². The Hall–Kier alpha value is -2.37. The Morgan fingerprint density at radius 1 is 1.00 bits per heavy atom. The highest BCUT2D eigenvalue weighted by Crippen LogP contribution is 2.37. The maximum Gasteiger partial charge on any atom is 0.326 e. The molecule has 2 unspecified atom stereocenters. The number of carbonyl (C=O) groups excluding carboxylic acids is 3. The predicted molar refractivity (Wildman–Crippen MR) is 94.5 cm³/mol. The van der Waals surface area contributed by atoms with Crippen LogP contribution in [0.25, 0.3) is 0 Å². The molecule has 6 nitrogen and oxygen atoms in total. The van der Waals surface area contributed by atoms with Gasteiger partial charge in [0.2, 0.25) is 11.8 Å². The van der Waals surface area contributed by atoms with Crippen molar-refractivity contribution >= 4 is 17.8 Å². The van der Waals surface area contributed by atoms with E-state index in [0.717, 1.165) is 47.5 Å². The molecule has 2 atom stereocenters. The molecule has 1 saturated carbocycles. The number of aryl methyl sites for hydroxylation is 2. The molecule has 26 heavy (non-hydrogen) atoms. The highest BCUT2D eigenvalue weighted by Gasteiger charge is 2.48. The number of hydrogen-bond acceptors (Lipinski definition) is 5. The van der Waals surface area contributed by atoms with E-state index in [4.69, 9.17) is 9.47 Å². The number of ether oxygens (including phenoxy) is 2. The topological polar surface area (TPSA) is 72.9 Å². The van der Waals surface area contributed by atoms with Crippen molar-refractivity contribution in [2.24, 2.45) is 11.8 Å². The molecular formula is C20H25NO5. The maximum absolute atomic E-state index is 12.3. The molecule has 1 heterocycles. The van der Waals surface area contributed by atoms with Crippen molar-refractivity contribution in [1.29, 1.82) is 0 Å². The summed E-state index contributed by atoms with van der Waals surface area (Å²) in [6.45, 7) is 3.98. The Kier molecular flexibility index (Phi) is 5.59. The molecule has 2 amide bonds. The second-order valence-electron chi connectivity index (χ2n) is 7.15. The zero-order valence-electron chi connectivity index (χ0n) is 15.3. The van der Waals surface area contributed by atoms with Gasteiger partial charge in [-0.2, -0.15) is 0 Å². The molecule has 1 saturated heterocycles. The normalized spacial score (nSPS) is 22.3. The second kappa shape index (κ2) is 7.89. The Morgan fingerprint density at radius 3 is 2.15 bits per heavy atom. The number of esters is 1. The summed E-state index contributed by atoms with van der Waals surface area (Å²) in [5.41, 5.74) is 2.20. The first-order valence-corrected chi connectivity index (χ1v) is 9.17. The quantitative estimate of drug-likeness (QED) is 0.443. The van der Waals surface area contributed by atoms with Crippen LogP contribution >= 0.6 is 0 Å². The largest absolute Gasteiger partial charge is 0.490 e. The van der Waals surface area contributed by atoms with E-state index in [1.165, 1.54) is 0 Å². The average molecular weight is 359 g/mol. The minimum atomic E-state index is -0.575. The van der Waals surface area contributed by atoms with E-state index in [2.05, 4.69) is 6.07 Å². The molecule has 1 aromatic rings. The van der Waals surface area contributed by atoms with Crippen LogP contribution in [0, 0.1) is 25.7 Å². The molecule has 140 valence electrons. The predicted octanol–water partition coefficient (Wildman–Crippen LogP) is 2.40. The van der Waals surface area contributed by atoms with E-state index >= 15 is 0 Å². The van der Waals surface area contributed by atoms with E-state index in [-0.39, 0.29) is 43.4 Å². The van der Waals surface area contributed by atoms with Crippen LogP contribution in [0.3, 0.4) is 0 Å². The fourth-order valence-electron chi connectivity index (χ4n) is 3.89. The number of carbonyl (C=O) groups is 3. The van der Waals surface area contributed by atoms with Crippen LogP contribution in [0.2, 0.25) is 0 Å². The number of likely N-dealkylation sites (tertiary alicyclic amines) is 1. The molecule has 1 aliphatic heterocycles. The zero-order chi connectivity index (χ0) is 18.7. The standard InChI is InChI=1S/C20H25NO5/c1-13-9-14(2)11-15(10-13)25-7-8-26-18(22)12-21-19(23)16-5-3-4-6-17(16)20(21)24/h9-11,16-17H,3-8,12H2,1-2H3. The number of fused-ring (bicyclic) bond motifs is 1. The summed E-state index contributed by atoms with van der Waals surface area (Å²) in [4.78, 5) is 37.7. The Labute approximate surface area is 153 Å². The first kappa shape index (κ1) is 18.4. The van der Waals surface area contributed by atoms with Crippen molar-refractivity contribution in [3.8, 4) is 5.75 Å². The Balaban J connectivity index is 1.44. The Bertz CT molecular complexity index is 670. The minimum absolute atomic E-state index is 0.0783. The van der Waals surface area contributed by atoms with Crippen LogP contribution < -0.4 is 4.74 Å². The summed E-state index contributed by atoms with van der Waals surface area (Å²) < 4.78 is 10.7. The number of benzene rings is 1.